The topological polar surface area (TPSA) is 66.5 Å². The van der Waals surface area contributed by atoms with E-state index in [1.54, 1.807) is 18.2 Å². The first kappa shape index (κ1) is 19.9. The van der Waals surface area contributed by atoms with Gasteiger partial charge in [-0.15, -0.1) is 11.3 Å². The van der Waals surface area contributed by atoms with Crippen molar-refractivity contribution in [2.45, 2.75) is 29.5 Å². The Kier molecular flexibility index (Phi) is 6.16. The second-order valence-electron chi connectivity index (χ2n) is 5.83. The molecule has 0 aliphatic carbocycles. The van der Waals surface area contributed by atoms with Gasteiger partial charge in [-0.25, -0.2) is 8.42 Å². The number of hydrogen-bond donors (Lipinski definition) is 1. The number of hydrogen-bond acceptors (Lipinski definition) is 4. The molecule has 5 nitrogen and oxygen atoms in total. The molecule has 1 amide bonds. The predicted molar refractivity (Wildman–Crippen MR) is 106 cm³/mol. The highest BCUT2D eigenvalue weighted by Gasteiger charge is 2.38. The third kappa shape index (κ3) is 4.35. The minimum Gasteiger partial charge on any atom is -0.325 e. The molecule has 1 aliphatic heterocycles. The molecule has 1 aromatic heterocycles. The van der Waals surface area contributed by atoms with Gasteiger partial charge >= 0.3 is 0 Å². The minimum atomic E-state index is -3.79. The van der Waals surface area contributed by atoms with Crippen molar-refractivity contribution in [2.75, 3.05) is 11.9 Å². The van der Waals surface area contributed by atoms with Crippen LogP contribution in [-0.4, -0.2) is 31.2 Å². The smallest absolute Gasteiger partial charge is 0.253 e. The number of piperidine rings is 1. The maximum absolute atomic E-state index is 12.9. The van der Waals surface area contributed by atoms with E-state index in [1.807, 2.05) is 0 Å². The number of anilines is 1. The molecular weight excluding hydrogens is 439 g/mol. The van der Waals surface area contributed by atoms with Crippen molar-refractivity contribution >= 4 is 67.8 Å². The molecule has 2 aromatic rings. The number of nitrogens with zero attached hydrogens (tertiary/aromatic N) is 1. The summed E-state index contributed by atoms with van der Waals surface area (Å²) >= 11 is 18.8. The first-order valence-corrected chi connectivity index (χ1v) is 11.2. The fourth-order valence-electron chi connectivity index (χ4n) is 2.86. The molecule has 3 rings (SSSR count). The molecule has 1 aliphatic rings. The maximum Gasteiger partial charge on any atom is 0.253 e. The van der Waals surface area contributed by atoms with Gasteiger partial charge in [-0.05, 0) is 43.2 Å². The van der Waals surface area contributed by atoms with Gasteiger partial charge in [-0.3, -0.25) is 4.79 Å². The zero-order valence-electron chi connectivity index (χ0n) is 13.4. The quantitative estimate of drug-likeness (QED) is 0.716. The number of thiophene rings is 1. The Morgan fingerprint density at radius 1 is 1.12 bits per heavy atom. The third-order valence-corrected chi connectivity index (χ3v) is 8.04. The summed E-state index contributed by atoms with van der Waals surface area (Å²) in [4.78, 5) is 12.8. The second-order valence-corrected chi connectivity index (χ2v) is 10.5. The first-order chi connectivity index (χ1) is 12.3. The molecule has 10 heteroatoms. The zero-order valence-corrected chi connectivity index (χ0v) is 17.3. The summed E-state index contributed by atoms with van der Waals surface area (Å²) in [5, 5.41) is 3.48. The van der Waals surface area contributed by atoms with Crippen LogP contribution < -0.4 is 5.32 Å². The molecule has 1 fully saturated rings. The summed E-state index contributed by atoms with van der Waals surface area (Å²) in [5.41, 5.74) is 0.426. The molecule has 2 heterocycles. The van der Waals surface area contributed by atoms with Gasteiger partial charge in [0.25, 0.3) is 10.0 Å². The van der Waals surface area contributed by atoms with Gasteiger partial charge in [-0.2, -0.15) is 4.31 Å². The van der Waals surface area contributed by atoms with Crippen LogP contribution in [0.15, 0.2) is 34.5 Å². The number of nitrogens with one attached hydrogen (secondary N) is 1. The SMILES string of the molecule is O=C(Nc1cc(Cl)cc(Cl)c1)[C@H]1CCCCN1S(=O)(=O)c1ccc(Cl)s1. The van der Waals surface area contributed by atoms with E-state index in [-0.39, 0.29) is 10.8 Å². The molecular formula is C16H15Cl3N2O3S2. The summed E-state index contributed by atoms with van der Waals surface area (Å²) in [6.07, 6.45) is 1.91. The van der Waals surface area contributed by atoms with Crippen LogP contribution in [0, 0.1) is 0 Å². The fraction of sp³-hybridized carbons (Fsp3) is 0.312. The molecule has 140 valence electrons. The summed E-state index contributed by atoms with van der Waals surface area (Å²) in [6.45, 7) is 0.284. The third-order valence-electron chi connectivity index (χ3n) is 4.00. The molecule has 0 saturated carbocycles. The summed E-state index contributed by atoms with van der Waals surface area (Å²) in [7, 11) is -3.79. The average molecular weight is 454 g/mol. The number of sulfonamides is 1. The van der Waals surface area contributed by atoms with Crippen LogP contribution in [0.4, 0.5) is 5.69 Å². The van der Waals surface area contributed by atoms with E-state index in [1.165, 1.54) is 16.4 Å². The molecule has 1 saturated heterocycles. The van der Waals surface area contributed by atoms with Crippen LogP contribution in [0.25, 0.3) is 0 Å². The maximum atomic E-state index is 12.9. The number of amides is 1. The van der Waals surface area contributed by atoms with Crippen molar-refractivity contribution in [3.05, 3.63) is 44.7 Å². The van der Waals surface area contributed by atoms with Gasteiger partial charge in [0.05, 0.1) is 4.34 Å². The van der Waals surface area contributed by atoms with Crippen LogP contribution in [0.2, 0.25) is 14.4 Å². The van der Waals surface area contributed by atoms with Crippen LogP contribution in [-0.2, 0) is 14.8 Å². The molecule has 0 unspecified atom stereocenters. The van der Waals surface area contributed by atoms with Crippen molar-refractivity contribution in [1.82, 2.24) is 4.31 Å². The lowest BCUT2D eigenvalue weighted by Gasteiger charge is -2.33. The van der Waals surface area contributed by atoms with Crippen molar-refractivity contribution in [3.8, 4) is 0 Å². The Morgan fingerprint density at radius 3 is 2.42 bits per heavy atom. The summed E-state index contributed by atoms with van der Waals surface area (Å²) in [5.74, 6) is -0.408. The summed E-state index contributed by atoms with van der Waals surface area (Å²) in [6, 6.07) is 6.87. The number of carbonyl (C=O) groups is 1. The normalized spacial score (nSPS) is 18.7. The van der Waals surface area contributed by atoms with E-state index >= 15 is 0 Å². The Labute approximate surface area is 170 Å². The Morgan fingerprint density at radius 2 is 1.81 bits per heavy atom. The highest BCUT2D eigenvalue weighted by molar-refractivity contribution is 7.91. The van der Waals surface area contributed by atoms with Crippen LogP contribution in [0.3, 0.4) is 0 Å². The van der Waals surface area contributed by atoms with E-state index in [4.69, 9.17) is 34.8 Å². The molecule has 0 radical (unpaired) electrons. The van der Waals surface area contributed by atoms with E-state index in [0.717, 1.165) is 17.8 Å². The Balaban J connectivity index is 1.85. The van der Waals surface area contributed by atoms with Gasteiger partial charge < -0.3 is 5.32 Å². The molecule has 1 atom stereocenters. The van der Waals surface area contributed by atoms with E-state index in [0.29, 0.717) is 32.9 Å². The Bertz CT molecular complexity index is 910. The number of benzene rings is 1. The zero-order chi connectivity index (χ0) is 18.9. The molecule has 1 aromatic carbocycles. The Hall–Kier alpha value is -0.830. The van der Waals surface area contributed by atoms with Crippen molar-refractivity contribution in [2.24, 2.45) is 0 Å². The van der Waals surface area contributed by atoms with Gasteiger partial charge in [0.15, 0.2) is 0 Å². The van der Waals surface area contributed by atoms with Gasteiger partial charge in [0, 0.05) is 22.3 Å². The number of rotatable bonds is 4. The van der Waals surface area contributed by atoms with Gasteiger partial charge in [0.2, 0.25) is 5.91 Å². The lowest BCUT2D eigenvalue weighted by Crippen LogP contribution is -2.49. The van der Waals surface area contributed by atoms with E-state index < -0.39 is 22.0 Å². The van der Waals surface area contributed by atoms with Crippen LogP contribution >= 0.6 is 46.1 Å². The van der Waals surface area contributed by atoms with Crippen molar-refractivity contribution < 1.29 is 13.2 Å². The largest absolute Gasteiger partial charge is 0.325 e. The molecule has 0 spiro atoms. The van der Waals surface area contributed by atoms with Crippen LogP contribution in [0.5, 0.6) is 0 Å². The fourth-order valence-corrected chi connectivity index (χ4v) is 6.65. The highest BCUT2D eigenvalue weighted by atomic mass is 35.5. The average Bonchev–Trinajstić information content (AvgIpc) is 3.01. The summed E-state index contributed by atoms with van der Waals surface area (Å²) < 4.78 is 27.6. The van der Waals surface area contributed by atoms with Gasteiger partial charge in [-0.1, -0.05) is 41.2 Å². The van der Waals surface area contributed by atoms with E-state index in [2.05, 4.69) is 5.32 Å². The monoisotopic (exact) mass is 452 g/mol. The second kappa shape index (κ2) is 8.04. The lowest BCUT2D eigenvalue weighted by atomic mass is 10.0. The lowest BCUT2D eigenvalue weighted by molar-refractivity contribution is -0.120. The first-order valence-electron chi connectivity index (χ1n) is 7.81. The van der Waals surface area contributed by atoms with E-state index in [9.17, 15) is 13.2 Å². The van der Waals surface area contributed by atoms with Crippen molar-refractivity contribution in [3.63, 3.8) is 0 Å². The molecule has 1 N–H and O–H groups in total. The van der Waals surface area contributed by atoms with Gasteiger partial charge in [0.1, 0.15) is 10.3 Å². The van der Waals surface area contributed by atoms with Crippen LogP contribution in [0.1, 0.15) is 19.3 Å². The number of halogens is 3. The minimum absolute atomic E-state index is 0.132. The molecule has 0 bridgehead atoms. The standard InChI is InChI=1S/C16H15Cl3N2O3S2/c17-10-7-11(18)9-12(8-10)20-16(22)13-3-1-2-6-21(13)26(23,24)15-5-4-14(19)25-15/h4-5,7-9,13H,1-3,6H2,(H,20,22)/t13-/m1/s1. The molecule has 26 heavy (non-hydrogen) atoms. The highest BCUT2D eigenvalue weighted by Crippen LogP contribution is 2.32. The number of carbonyl (C=O) groups excluding carboxylic acids is 1. The van der Waals surface area contributed by atoms with Crippen molar-refractivity contribution in [1.29, 1.82) is 0 Å². The predicted octanol–water partition coefficient (Wildman–Crippen LogP) is 4.89.